The van der Waals surface area contributed by atoms with E-state index < -0.39 is 11.9 Å². The van der Waals surface area contributed by atoms with Crippen LogP contribution in [0.3, 0.4) is 0 Å². The molecule has 1 amide bonds. The predicted molar refractivity (Wildman–Crippen MR) is 66.0 cm³/mol. The van der Waals surface area contributed by atoms with E-state index in [0.29, 0.717) is 17.7 Å². The molecule has 0 radical (unpaired) electrons. The summed E-state index contributed by atoms with van der Waals surface area (Å²) >= 11 is 0. The van der Waals surface area contributed by atoms with Crippen molar-refractivity contribution < 1.29 is 14.3 Å². The van der Waals surface area contributed by atoms with Crippen molar-refractivity contribution in [1.29, 1.82) is 5.26 Å². The average molecular weight is 249 g/mol. The van der Waals surface area contributed by atoms with Gasteiger partial charge in [-0.25, -0.2) is 0 Å². The molecule has 0 unspecified atom stereocenters. The van der Waals surface area contributed by atoms with Crippen molar-refractivity contribution in [2.75, 3.05) is 5.73 Å². The van der Waals surface area contributed by atoms with E-state index in [-0.39, 0.29) is 0 Å². The van der Waals surface area contributed by atoms with E-state index in [9.17, 15) is 9.59 Å². The van der Waals surface area contributed by atoms with Gasteiger partial charge in [-0.3, -0.25) is 9.59 Å². The molecule has 0 bridgehead atoms. The van der Waals surface area contributed by atoms with Gasteiger partial charge in [0.05, 0.1) is 0 Å². The van der Waals surface area contributed by atoms with Crippen LogP contribution in [0.15, 0.2) is 24.3 Å². The predicted octanol–water partition coefficient (Wildman–Crippen LogP) is 1.18. The van der Waals surface area contributed by atoms with Gasteiger partial charge in [-0.1, -0.05) is 13.0 Å². The van der Waals surface area contributed by atoms with E-state index in [0.717, 1.165) is 6.42 Å². The number of nitriles is 1. The Morgan fingerprint density at radius 1 is 1.44 bits per heavy atom. The van der Waals surface area contributed by atoms with Crippen LogP contribution in [0.1, 0.15) is 30.1 Å². The third-order valence-electron chi connectivity index (χ3n) is 1.78. The van der Waals surface area contributed by atoms with E-state index in [2.05, 4.69) is 4.74 Å². The third-order valence-corrected chi connectivity index (χ3v) is 1.78. The molecule has 0 fully saturated rings. The molecule has 6 nitrogen and oxygen atoms in total. The van der Waals surface area contributed by atoms with Crippen LogP contribution in [-0.4, -0.2) is 11.9 Å². The van der Waals surface area contributed by atoms with E-state index in [4.69, 9.17) is 16.7 Å². The maximum absolute atomic E-state index is 10.5. The molecular formula is C12H15N3O3. The van der Waals surface area contributed by atoms with E-state index in [1.807, 2.05) is 6.92 Å². The first-order valence-electron chi connectivity index (χ1n) is 5.25. The Balaban J connectivity index is 0.000000331. The summed E-state index contributed by atoms with van der Waals surface area (Å²) in [7, 11) is 0. The number of carbonyl (C=O) groups excluding carboxylic acids is 2. The number of nitrogens with zero attached hydrogens (tertiary/aromatic N) is 1. The molecule has 1 aromatic rings. The lowest BCUT2D eigenvalue weighted by Gasteiger charge is -1.94. The van der Waals surface area contributed by atoms with Crippen LogP contribution in [0.4, 0.5) is 5.69 Å². The molecule has 6 heteroatoms. The first-order valence-corrected chi connectivity index (χ1v) is 5.25. The number of nitrogens with two attached hydrogens (primary N) is 2. The molecule has 0 saturated heterocycles. The number of hydrogen-bond acceptors (Lipinski definition) is 5. The molecule has 1 aromatic carbocycles. The fourth-order valence-electron chi connectivity index (χ4n) is 0.998. The maximum Gasteiger partial charge on any atom is 0.321 e. The van der Waals surface area contributed by atoms with Crippen LogP contribution < -0.4 is 11.5 Å². The summed E-state index contributed by atoms with van der Waals surface area (Å²) < 4.78 is 3.95. The molecule has 4 N–H and O–H groups in total. The number of rotatable bonds is 3. The average Bonchev–Trinajstić information content (AvgIpc) is 2.30. The number of nitrogen functional groups attached to an aromatic ring is 1. The third kappa shape index (κ3) is 6.85. The zero-order chi connectivity index (χ0) is 14.0. The zero-order valence-corrected chi connectivity index (χ0v) is 10.1. The molecule has 96 valence electrons. The Bertz CT molecular complexity index is 452. The fourth-order valence-corrected chi connectivity index (χ4v) is 0.998. The zero-order valence-electron chi connectivity index (χ0n) is 10.1. The normalized spacial score (nSPS) is 8.44. The van der Waals surface area contributed by atoms with Crippen molar-refractivity contribution in [1.82, 2.24) is 0 Å². The Kier molecular flexibility index (Phi) is 7.37. The summed E-state index contributed by atoms with van der Waals surface area (Å²) in [6.07, 6.45) is 2.35. The van der Waals surface area contributed by atoms with Crippen LogP contribution >= 0.6 is 0 Å². The second kappa shape index (κ2) is 8.58. The van der Waals surface area contributed by atoms with Crippen molar-refractivity contribution in [3.05, 3.63) is 29.8 Å². The highest BCUT2D eigenvalue weighted by atomic mass is 16.5. The van der Waals surface area contributed by atoms with E-state index >= 15 is 0 Å². The maximum atomic E-state index is 10.5. The first kappa shape index (κ1) is 15.4. The number of hydrogen-bond donors (Lipinski definition) is 2. The summed E-state index contributed by atoms with van der Waals surface area (Å²) in [4.78, 5) is 20.7. The first-order chi connectivity index (χ1) is 8.51. The number of benzene rings is 1. The fraction of sp³-hybridized carbons (Fsp3) is 0.250. The van der Waals surface area contributed by atoms with Gasteiger partial charge < -0.3 is 16.2 Å². The van der Waals surface area contributed by atoms with Gasteiger partial charge in [-0.2, -0.15) is 0 Å². The van der Waals surface area contributed by atoms with Crippen molar-refractivity contribution in [2.24, 2.45) is 5.73 Å². The van der Waals surface area contributed by atoms with Crippen LogP contribution in [0.25, 0.3) is 0 Å². The Labute approximate surface area is 105 Å². The summed E-state index contributed by atoms with van der Waals surface area (Å²) in [6.45, 7) is 1.85. The monoisotopic (exact) mass is 249 g/mol. The SMILES string of the molecule is CCCC(=O)OC#N.NC(=O)c1cccc(N)c1. The highest BCUT2D eigenvalue weighted by Gasteiger charge is 1.97. The minimum absolute atomic E-state index is 0.327. The van der Waals surface area contributed by atoms with Gasteiger partial charge in [-0.05, 0) is 24.6 Å². The summed E-state index contributed by atoms with van der Waals surface area (Å²) in [6, 6.07) is 6.56. The molecule has 1 rings (SSSR count). The molecule has 0 saturated carbocycles. The topological polar surface area (TPSA) is 119 Å². The molecular weight excluding hydrogens is 234 g/mol. The molecule has 0 heterocycles. The van der Waals surface area contributed by atoms with Gasteiger partial charge in [-0.15, -0.1) is 5.26 Å². The Morgan fingerprint density at radius 3 is 2.50 bits per heavy atom. The molecule has 0 aliphatic carbocycles. The highest BCUT2D eigenvalue weighted by Crippen LogP contribution is 2.04. The minimum atomic E-state index is -0.452. The Morgan fingerprint density at radius 2 is 2.11 bits per heavy atom. The Hall–Kier alpha value is -2.55. The largest absolute Gasteiger partial charge is 0.399 e. The molecule has 0 atom stereocenters. The molecule has 0 aliphatic rings. The van der Waals surface area contributed by atoms with Crippen LogP contribution in [0, 0.1) is 11.5 Å². The lowest BCUT2D eigenvalue weighted by atomic mass is 10.2. The molecule has 18 heavy (non-hydrogen) atoms. The number of ether oxygens (including phenoxy) is 1. The lowest BCUT2D eigenvalue weighted by molar-refractivity contribution is -0.137. The second-order valence-electron chi connectivity index (χ2n) is 3.31. The van der Waals surface area contributed by atoms with Crippen LogP contribution in [0.2, 0.25) is 0 Å². The van der Waals surface area contributed by atoms with Gasteiger partial charge in [0.1, 0.15) is 0 Å². The van der Waals surface area contributed by atoms with Crippen molar-refractivity contribution in [2.45, 2.75) is 19.8 Å². The van der Waals surface area contributed by atoms with Crippen molar-refractivity contribution in [3.63, 3.8) is 0 Å². The van der Waals surface area contributed by atoms with Crippen LogP contribution in [0.5, 0.6) is 0 Å². The van der Waals surface area contributed by atoms with E-state index in [1.165, 1.54) is 6.26 Å². The van der Waals surface area contributed by atoms with Gasteiger partial charge in [0.2, 0.25) is 5.91 Å². The summed E-state index contributed by atoms with van der Waals surface area (Å²) in [5.74, 6) is -0.901. The van der Waals surface area contributed by atoms with Gasteiger partial charge in [0.15, 0.2) is 0 Å². The lowest BCUT2D eigenvalue weighted by Crippen LogP contribution is -2.10. The summed E-state index contributed by atoms with van der Waals surface area (Å²) in [5, 5.41) is 7.77. The van der Waals surface area contributed by atoms with Crippen molar-refractivity contribution in [3.8, 4) is 6.26 Å². The van der Waals surface area contributed by atoms with Gasteiger partial charge in [0, 0.05) is 17.7 Å². The minimum Gasteiger partial charge on any atom is -0.399 e. The number of esters is 1. The molecule has 0 aromatic heterocycles. The van der Waals surface area contributed by atoms with Gasteiger partial charge >= 0.3 is 5.97 Å². The number of primary amides is 1. The molecule has 0 spiro atoms. The highest BCUT2D eigenvalue weighted by molar-refractivity contribution is 5.93. The number of carbonyl (C=O) groups is 2. The number of anilines is 1. The smallest absolute Gasteiger partial charge is 0.321 e. The second-order valence-corrected chi connectivity index (χ2v) is 3.31. The van der Waals surface area contributed by atoms with Crippen LogP contribution in [-0.2, 0) is 9.53 Å². The summed E-state index contributed by atoms with van der Waals surface area (Å²) in [5.41, 5.74) is 11.4. The molecule has 0 aliphatic heterocycles. The van der Waals surface area contributed by atoms with E-state index in [1.54, 1.807) is 24.3 Å². The van der Waals surface area contributed by atoms with Gasteiger partial charge in [0.25, 0.3) is 6.26 Å². The van der Waals surface area contributed by atoms with Crippen molar-refractivity contribution >= 4 is 17.6 Å². The number of amides is 1. The standard InChI is InChI=1S/C7H8N2O.C5H7NO2/c8-6-3-1-2-5(4-6)7(9)10;1-2-3-5(7)8-4-6/h1-4H,8H2,(H2,9,10);2-3H2,1H3. The quantitative estimate of drug-likeness (QED) is 0.473.